The predicted molar refractivity (Wildman–Crippen MR) is 52.0 cm³/mol. The van der Waals surface area contributed by atoms with Gasteiger partial charge in [-0.3, -0.25) is 4.57 Å². The molecule has 2 aromatic heterocycles. The molecule has 2 aromatic rings. The van der Waals surface area contributed by atoms with Crippen molar-refractivity contribution in [3.8, 4) is 5.82 Å². The number of nitrogens with zero attached hydrogens (tertiary/aromatic N) is 3. The van der Waals surface area contributed by atoms with Crippen molar-refractivity contribution in [2.24, 2.45) is 0 Å². The predicted octanol–water partition coefficient (Wildman–Crippen LogP) is 1.07. The number of rotatable bonds is 2. The summed E-state index contributed by atoms with van der Waals surface area (Å²) in [5.41, 5.74) is 0.850. The van der Waals surface area contributed by atoms with Gasteiger partial charge in [0.1, 0.15) is 11.6 Å². The summed E-state index contributed by atoms with van der Waals surface area (Å²) in [6, 6.07) is 3.63. The van der Waals surface area contributed by atoms with Crippen molar-refractivity contribution >= 4 is 0 Å². The molecule has 0 aliphatic rings. The summed E-state index contributed by atoms with van der Waals surface area (Å²) < 4.78 is 1.87. The number of pyridine rings is 1. The van der Waals surface area contributed by atoms with E-state index in [9.17, 15) is 0 Å². The van der Waals surface area contributed by atoms with Gasteiger partial charge < -0.3 is 5.11 Å². The second-order valence-electron chi connectivity index (χ2n) is 3.02. The zero-order chi connectivity index (χ0) is 9.97. The minimum absolute atomic E-state index is 0.0310. The summed E-state index contributed by atoms with van der Waals surface area (Å²) >= 11 is 0. The van der Waals surface area contributed by atoms with Crippen LogP contribution < -0.4 is 0 Å². The smallest absolute Gasteiger partial charge is 0.138 e. The van der Waals surface area contributed by atoms with E-state index in [-0.39, 0.29) is 6.61 Å². The standard InChI is InChI=1S/C10H11N3O/c1-8-11-4-5-13(8)10-6-9(7-14)2-3-12-10/h2-6,14H,7H2,1H3. The molecule has 4 heteroatoms. The largest absolute Gasteiger partial charge is 0.392 e. The molecule has 0 amide bonds. The highest BCUT2D eigenvalue weighted by atomic mass is 16.3. The summed E-state index contributed by atoms with van der Waals surface area (Å²) in [5.74, 6) is 1.67. The topological polar surface area (TPSA) is 50.9 Å². The second kappa shape index (κ2) is 3.59. The van der Waals surface area contributed by atoms with Gasteiger partial charge in [-0.25, -0.2) is 9.97 Å². The fraction of sp³-hybridized carbons (Fsp3) is 0.200. The maximum Gasteiger partial charge on any atom is 0.138 e. The van der Waals surface area contributed by atoms with Gasteiger partial charge in [0.2, 0.25) is 0 Å². The average molecular weight is 189 g/mol. The summed E-state index contributed by atoms with van der Waals surface area (Å²) in [6.07, 6.45) is 5.25. The molecule has 2 heterocycles. The molecule has 0 bridgehead atoms. The molecule has 0 saturated heterocycles. The molecule has 4 nitrogen and oxygen atoms in total. The Balaban J connectivity index is 2.47. The van der Waals surface area contributed by atoms with Gasteiger partial charge in [0.25, 0.3) is 0 Å². The lowest BCUT2D eigenvalue weighted by molar-refractivity contribution is 0.281. The maximum atomic E-state index is 8.98. The van der Waals surface area contributed by atoms with Crippen LogP contribution in [0.1, 0.15) is 11.4 Å². The molecule has 0 fully saturated rings. The number of imidazole rings is 1. The molecule has 14 heavy (non-hydrogen) atoms. The Morgan fingerprint density at radius 3 is 2.86 bits per heavy atom. The van der Waals surface area contributed by atoms with Gasteiger partial charge in [0.15, 0.2) is 0 Å². The lowest BCUT2D eigenvalue weighted by Gasteiger charge is -2.04. The molecule has 0 unspecified atom stereocenters. The molecule has 0 saturated carbocycles. The Bertz CT molecular complexity index is 436. The van der Waals surface area contributed by atoms with Gasteiger partial charge in [-0.05, 0) is 24.6 Å². The van der Waals surface area contributed by atoms with Crippen LogP contribution in [0.5, 0.6) is 0 Å². The fourth-order valence-electron chi connectivity index (χ4n) is 1.31. The third-order valence-electron chi connectivity index (χ3n) is 2.07. The van der Waals surface area contributed by atoms with Crippen LogP contribution in [-0.2, 0) is 6.61 Å². The van der Waals surface area contributed by atoms with E-state index < -0.39 is 0 Å². The third-order valence-corrected chi connectivity index (χ3v) is 2.07. The maximum absolute atomic E-state index is 8.98. The van der Waals surface area contributed by atoms with E-state index in [0.29, 0.717) is 0 Å². The highest BCUT2D eigenvalue weighted by Gasteiger charge is 2.01. The van der Waals surface area contributed by atoms with Gasteiger partial charge in [0.05, 0.1) is 6.61 Å². The van der Waals surface area contributed by atoms with Crippen molar-refractivity contribution in [1.29, 1.82) is 0 Å². The lowest BCUT2D eigenvalue weighted by Crippen LogP contribution is -1.99. The molecule has 1 N–H and O–H groups in total. The summed E-state index contributed by atoms with van der Waals surface area (Å²) in [6.45, 7) is 1.94. The van der Waals surface area contributed by atoms with Gasteiger partial charge in [-0.1, -0.05) is 0 Å². The first-order chi connectivity index (χ1) is 6.81. The monoisotopic (exact) mass is 189 g/mol. The Kier molecular flexibility index (Phi) is 2.28. The molecule has 0 aromatic carbocycles. The first-order valence-electron chi connectivity index (χ1n) is 4.37. The van der Waals surface area contributed by atoms with Crippen molar-refractivity contribution < 1.29 is 5.11 Å². The van der Waals surface area contributed by atoms with Crippen LogP contribution in [0.15, 0.2) is 30.7 Å². The van der Waals surface area contributed by atoms with E-state index in [4.69, 9.17) is 5.11 Å². The van der Waals surface area contributed by atoms with Gasteiger partial charge >= 0.3 is 0 Å². The van der Waals surface area contributed by atoms with E-state index in [1.165, 1.54) is 0 Å². The van der Waals surface area contributed by atoms with Crippen LogP contribution >= 0.6 is 0 Å². The Hall–Kier alpha value is -1.68. The van der Waals surface area contributed by atoms with Crippen LogP contribution in [0.3, 0.4) is 0 Å². The normalized spacial score (nSPS) is 10.4. The molecule has 0 atom stereocenters. The number of aliphatic hydroxyl groups excluding tert-OH is 1. The number of aromatic nitrogens is 3. The van der Waals surface area contributed by atoms with Gasteiger partial charge in [0, 0.05) is 18.6 Å². The van der Waals surface area contributed by atoms with Crippen LogP contribution in [0.4, 0.5) is 0 Å². The number of hydrogen-bond acceptors (Lipinski definition) is 3. The van der Waals surface area contributed by atoms with Crippen molar-refractivity contribution in [1.82, 2.24) is 14.5 Å². The minimum Gasteiger partial charge on any atom is -0.392 e. The summed E-state index contributed by atoms with van der Waals surface area (Å²) in [4.78, 5) is 8.31. The van der Waals surface area contributed by atoms with E-state index in [1.54, 1.807) is 18.5 Å². The molecule has 0 aliphatic heterocycles. The molecule has 0 spiro atoms. The second-order valence-corrected chi connectivity index (χ2v) is 3.02. The van der Waals surface area contributed by atoms with Crippen LogP contribution in [0, 0.1) is 6.92 Å². The fourth-order valence-corrected chi connectivity index (χ4v) is 1.31. The first-order valence-corrected chi connectivity index (χ1v) is 4.37. The highest BCUT2D eigenvalue weighted by Crippen LogP contribution is 2.09. The number of aryl methyl sites for hydroxylation is 1. The molecular formula is C10H11N3O. The van der Waals surface area contributed by atoms with Crippen molar-refractivity contribution in [3.63, 3.8) is 0 Å². The number of hydrogen-bond donors (Lipinski definition) is 1. The highest BCUT2D eigenvalue weighted by molar-refractivity contribution is 5.28. The third kappa shape index (κ3) is 1.52. The van der Waals surface area contributed by atoms with Gasteiger partial charge in [-0.2, -0.15) is 0 Å². The van der Waals surface area contributed by atoms with Crippen LogP contribution in [0.25, 0.3) is 5.82 Å². The SMILES string of the molecule is Cc1nccn1-c1cc(CO)ccn1. The molecule has 0 radical (unpaired) electrons. The Labute approximate surface area is 81.9 Å². The quantitative estimate of drug-likeness (QED) is 0.768. The first kappa shape index (κ1) is 8.90. The van der Waals surface area contributed by atoms with Crippen molar-refractivity contribution in [2.45, 2.75) is 13.5 Å². The lowest BCUT2D eigenvalue weighted by atomic mass is 10.3. The molecule has 72 valence electrons. The van der Waals surface area contributed by atoms with E-state index in [1.807, 2.05) is 23.8 Å². The minimum atomic E-state index is 0.0310. The molecule has 2 rings (SSSR count). The Morgan fingerprint density at radius 1 is 1.36 bits per heavy atom. The van der Waals surface area contributed by atoms with E-state index in [0.717, 1.165) is 17.2 Å². The van der Waals surface area contributed by atoms with Crippen LogP contribution in [0.2, 0.25) is 0 Å². The molecular weight excluding hydrogens is 178 g/mol. The number of aliphatic hydroxyl groups is 1. The van der Waals surface area contributed by atoms with Crippen molar-refractivity contribution in [3.05, 3.63) is 42.1 Å². The Morgan fingerprint density at radius 2 is 2.21 bits per heavy atom. The summed E-state index contributed by atoms with van der Waals surface area (Å²) in [7, 11) is 0. The van der Waals surface area contributed by atoms with Gasteiger partial charge in [-0.15, -0.1) is 0 Å². The summed E-state index contributed by atoms with van der Waals surface area (Å²) in [5, 5.41) is 8.98. The van der Waals surface area contributed by atoms with Crippen molar-refractivity contribution in [2.75, 3.05) is 0 Å². The zero-order valence-corrected chi connectivity index (χ0v) is 7.88. The van der Waals surface area contributed by atoms with Crippen LogP contribution in [-0.4, -0.2) is 19.6 Å². The zero-order valence-electron chi connectivity index (χ0n) is 7.88. The average Bonchev–Trinajstić information content (AvgIpc) is 2.65. The van der Waals surface area contributed by atoms with E-state index in [2.05, 4.69) is 9.97 Å². The molecule has 0 aliphatic carbocycles. The van der Waals surface area contributed by atoms with E-state index >= 15 is 0 Å².